The third-order valence-corrected chi connectivity index (χ3v) is 7.11. The van der Waals surface area contributed by atoms with Crippen molar-refractivity contribution < 1.29 is 14.7 Å². The van der Waals surface area contributed by atoms with Gasteiger partial charge in [0.15, 0.2) is 0 Å². The molecule has 2 aromatic carbocycles. The highest BCUT2D eigenvalue weighted by atomic mass is 16.4. The number of nitrogens with zero attached hydrogens (tertiary/aromatic N) is 2. The van der Waals surface area contributed by atoms with Crippen molar-refractivity contribution in [2.24, 2.45) is 5.92 Å². The third-order valence-electron chi connectivity index (χ3n) is 7.11. The number of benzene rings is 2. The molecule has 1 aliphatic heterocycles. The molecule has 6 heteroatoms. The fraction of sp³-hybridized carbons (Fsp3) is 0.333. The Morgan fingerprint density at radius 2 is 1.73 bits per heavy atom. The summed E-state index contributed by atoms with van der Waals surface area (Å²) in [5.41, 5.74) is 2.91. The molecule has 2 aromatic heterocycles. The molecule has 1 saturated heterocycles. The molecule has 0 spiro atoms. The number of aromatic amines is 1. The second-order valence-corrected chi connectivity index (χ2v) is 9.11. The normalized spacial score (nSPS) is 16.4. The summed E-state index contributed by atoms with van der Waals surface area (Å²) in [5, 5.41) is 11.7. The molecule has 1 atom stereocenters. The molecule has 0 saturated carbocycles. The van der Waals surface area contributed by atoms with Gasteiger partial charge in [0.25, 0.3) is 5.91 Å². The molecule has 1 aliphatic rings. The standard InChI is InChI=1S/C27H29N3O3/c1-3-22(29-14-12-17(2)13-15-29)25-24(27(32)33)19-9-5-7-11-23(19)30(25)26(31)20-16-28-21-10-6-4-8-18(20)21/h4-11,16-17,22,28H,3,12-15H2,1-2H3,(H,32,33). The maximum absolute atomic E-state index is 14.1. The van der Waals surface area contributed by atoms with Gasteiger partial charge in [0.2, 0.25) is 0 Å². The van der Waals surface area contributed by atoms with E-state index in [9.17, 15) is 14.7 Å². The molecule has 0 bridgehead atoms. The number of aromatic nitrogens is 2. The molecule has 1 fully saturated rings. The topological polar surface area (TPSA) is 78.3 Å². The SMILES string of the molecule is CCC(c1c(C(=O)O)c2ccccc2n1C(=O)c1c[nH]c2ccccc12)N1CCC(C)CC1. The predicted molar refractivity (Wildman–Crippen MR) is 130 cm³/mol. The second-order valence-electron chi connectivity index (χ2n) is 9.11. The van der Waals surface area contributed by atoms with Crippen LogP contribution in [0.5, 0.6) is 0 Å². The van der Waals surface area contributed by atoms with E-state index in [1.54, 1.807) is 10.8 Å². The van der Waals surface area contributed by atoms with Gasteiger partial charge in [-0.1, -0.05) is 50.2 Å². The lowest BCUT2D eigenvalue weighted by molar-refractivity contribution is 0.0690. The molecule has 0 radical (unpaired) electrons. The van der Waals surface area contributed by atoms with Crippen LogP contribution in [0.25, 0.3) is 21.8 Å². The molecular formula is C27H29N3O3. The van der Waals surface area contributed by atoms with Crippen molar-refractivity contribution >= 4 is 33.7 Å². The van der Waals surface area contributed by atoms with Crippen molar-refractivity contribution in [2.75, 3.05) is 13.1 Å². The first kappa shape index (κ1) is 21.5. The van der Waals surface area contributed by atoms with Gasteiger partial charge in [-0.3, -0.25) is 14.3 Å². The minimum absolute atomic E-state index is 0.148. The van der Waals surface area contributed by atoms with Gasteiger partial charge >= 0.3 is 5.97 Å². The first-order chi connectivity index (χ1) is 16.0. The summed E-state index contributed by atoms with van der Waals surface area (Å²) in [6.45, 7) is 6.15. The molecule has 1 unspecified atom stereocenters. The van der Waals surface area contributed by atoms with Crippen LogP contribution in [0.2, 0.25) is 0 Å². The third kappa shape index (κ3) is 3.55. The zero-order chi connectivity index (χ0) is 23.1. The van der Waals surface area contributed by atoms with Gasteiger partial charge in [-0.05, 0) is 50.4 Å². The molecule has 33 heavy (non-hydrogen) atoms. The number of hydrogen-bond donors (Lipinski definition) is 2. The summed E-state index contributed by atoms with van der Waals surface area (Å²) in [4.78, 5) is 32.2. The molecule has 0 aliphatic carbocycles. The van der Waals surface area contributed by atoms with Crippen LogP contribution in [0.1, 0.15) is 65.6 Å². The van der Waals surface area contributed by atoms with Crippen LogP contribution in [0.4, 0.5) is 0 Å². The average Bonchev–Trinajstić information content (AvgIpc) is 3.40. The lowest BCUT2D eigenvalue weighted by Crippen LogP contribution is -2.38. The van der Waals surface area contributed by atoms with E-state index in [-0.39, 0.29) is 17.5 Å². The number of carboxylic acid groups (broad SMARTS) is 1. The highest BCUT2D eigenvalue weighted by molar-refractivity contribution is 6.14. The van der Waals surface area contributed by atoms with Crippen molar-refractivity contribution in [3.8, 4) is 0 Å². The molecule has 2 N–H and O–H groups in total. The second kappa shape index (κ2) is 8.52. The minimum atomic E-state index is -0.990. The van der Waals surface area contributed by atoms with Crippen molar-refractivity contribution in [1.29, 1.82) is 0 Å². The number of carbonyl (C=O) groups is 2. The van der Waals surface area contributed by atoms with E-state index in [1.165, 1.54) is 0 Å². The van der Waals surface area contributed by atoms with E-state index < -0.39 is 5.97 Å². The summed E-state index contributed by atoms with van der Waals surface area (Å²) in [6, 6.07) is 14.9. The number of fused-ring (bicyclic) bond motifs is 2. The smallest absolute Gasteiger partial charge is 0.338 e. The molecule has 5 rings (SSSR count). The fourth-order valence-corrected chi connectivity index (χ4v) is 5.35. The van der Waals surface area contributed by atoms with E-state index in [2.05, 4.69) is 23.7 Å². The minimum Gasteiger partial charge on any atom is -0.478 e. The highest BCUT2D eigenvalue weighted by Gasteiger charge is 2.34. The van der Waals surface area contributed by atoms with Crippen molar-refractivity contribution in [1.82, 2.24) is 14.5 Å². The highest BCUT2D eigenvalue weighted by Crippen LogP contribution is 2.37. The first-order valence-electron chi connectivity index (χ1n) is 11.7. The van der Waals surface area contributed by atoms with Crippen molar-refractivity contribution in [3.63, 3.8) is 0 Å². The Kier molecular flexibility index (Phi) is 5.54. The van der Waals surface area contributed by atoms with Crippen LogP contribution in [0.3, 0.4) is 0 Å². The molecule has 170 valence electrons. The van der Waals surface area contributed by atoms with E-state index in [1.807, 2.05) is 48.5 Å². The van der Waals surface area contributed by atoms with Crippen LogP contribution in [-0.2, 0) is 0 Å². The molecule has 4 aromatic rings. The van der Waals surface area contributed by atoms with Gasteiger partial charge in [0.1, 0.15) is 0 Å². The summed E-state index contributed by atoms with van der Waals surface area (Å²) < 4.78 is 1.67. The summed E-state index contributed by atoms with van der Waals surface area (Å²) >= 11 is 0. The first-order valence-corrected chi connectivity index (χ1v) is 11.7. The quantitative estimate of drug-likeness (QED) is 0.415. The van der Waals surface area contributed by atoms with Crippen LogP contribution >= 0.6 is 0 Å². The molecule has 0 amide bonds. The fourth-order valence-electron chi connectivity index (χ4n) is 5.35. The number of carbonyl (C=O) groups excluding carboxylic acids is 1. The summed E-state index contributed by atoms with van der Waals surface area (Å²) in [7, 11) is 0. The lowest BCUT2D eigenvalue weighted by Gasteiger charge is -2.37. The van der Waals surface area contributed by atoms with Crippen LogP contribution in [-0.4, -0.2) is 44.5 Å². The van der Waals surface area contributed by atoms with Crippen LogP contribution < -0.4 is 0 Å². The van der Waals surface area contributed by atoms with Crippen LogP contribution in [0, 0.1) is 5.92 Å². The molecular weight excluding hydrogens is 414 g/mol. The molecule has 6 nitrogen and oxygen atoms in total. The van der Waals surface area contributed by atoms with Gasteiger partial charge in [-0.25, -0.2) is 4.79 Å². The monoisotopic (exact) mass is 443 g/mol. The predicted octanol–water partition coefficient (Wildman–Crippen LogP) is 5.69. The number of likely N-dealkylation sites (tertiary alicyclic amines) is 1. The number of carboxylic acids is 1. The van der Waals surface area contributed by atoms with Crippen LogP contribution in [0.15, 0.2) is 54.7 Å². The maximum Gasteiger partial charge on any atom is 0.338 e. The largest absolute Gasteiger partial charge is 0.478 e. The van der Waals surface area contributed by atoms with Gasteiger partial charge in [-0.15, -0.1) is 0 Å². The van der Waals surface area contributed by atoms with E-state index in [4.69, 9.17) is 0 Å². The van der Waals surface area contributed by atoms with E-state index >= 15 is 0 Å². The van der Waals surface area contributed by atoms with Gasteiger partial charge < -0.3 is 10.1 Å². The summed E-state index contributed by atoms with van der Waals surface area (Å²) in [5.74, 6) is -0.526. The van der Waals surface area contributed by atoms with Crippen molar-refractivity contribution in [3.05, 3.63) is 71.5 Å². The number of hydrogen-bond acceptors (Lipinski definition) is 3. The zero-order valence-corrected chi connectivity index (χ0v) is 19.0. The molecule has 3 heterocycles. The zero-order valence-electron chi connectivity index (χ0n) is 19.0. The number of H-pyrrole nitrogens is 1. The van der Waals surface area contributed by atoms with E-state index in [0.717, 1.165) is 43.3 Å². The van der Waals surface area contributed by atoms with E-state index in [0.29, 0.717) is 28.1 Å². The Balaban J connectivity index is 1.75. The maximum atomic E-state index is 14.1. The summed E-state index contributed by atoms with van der Waals surface area (Å²) in [6.07, 6.45) is 4.62. The Morgan fingerprint density at radius 3 is 2.42 bits per heavy atom. The number of aromatic carboxylic acids is 1. The average molecular weight is 444 g/mol. The van der Waals surface area contributed by atoms with Gasteiger partial charge in [0.05, 0.1) is 28.4 Å². The van der Waals surface area contributed by atoms with Gasteiger partial charge in [-0.2, -0.15) is 0 Å². The number of piperidine rings is 1. The Labute approximate surface area is 192 Å². The van der Waals surface area contributed by atoms with Gasteiger partial charge in [0, 0.05) is 22.5 Å². The number of rotatable bonds is 5. The Bertz CT molecular complexity index is 1340. The van der Waals surface area contributed by atoms with Crippen molar-refractivity contribution in [2.45, 2.75) is 39.2 Å². The number of nitrogens with one attached hydrogen (secondary N) is 1. The Hall–Kier alpha value is -3.38. The number of para-hydroxylation sites is 2. The Morgan fingerprint density at radius 1 is 1.06 bits per heavy atom. The lowest BCUT2D eigenvalue weighted by atomic mass is 9.95.